The van der Waals surface area contributed by atoms with E-state index in [0.717, 1.165) is 0 Å². The molecular weight excluding hydrogens is 218 g/mol. The van der Waals surface area contributed by atoms with Gasteiger partial charge >= 0.3 is 8.72 Å². The van der Waals surface area contributed by atoms with E-state index >= 15 is 0 Å². The second-order valence-corrected chi connectivity index (χ2v) is 6.15. The third-order valence-electron chi connectivity index (χ3n) is 1.80. The predicted molar refractivity (Wildman–Crippen MR) is 70.2 cm³/mol. The number of nitrogens with two attached hydrogens (primary N) is 1. The molecule has 2 N–H and O–H groups in total. The molecule has 0 radical (unpaired) electrons. The Kier molecular flexibility index (Phi) is 8.11. The zero-order valence-corrected chi connectivity index (χ0v) is 11.7. The van der Waals surface area contributed by atoms with Gasteiger partial charge in [0.1, 0.15) is 0 Å². The van der Waals surface area contributed by atoms with Crippen molar-refractivity contribution in [2.24, 2.45) is 5.40 Å². The summed E-state index contributed by atoms with van der Waals surface area (Å²) in [7, 11) is -2.20. The average Bonchev–Trinajstić information content (AvgIpc) is 2.19. The molecule has 0 aliphatic carbocycles. The molecule has 4 heteroatoms. The summed E-state index contributed by atoms with van der Waals surface area (Å²) in [5, 5.41) is 5.63. The molecule has 0 aliphatic rings. The van der Waals surface area contributed by atoms with Crippen molar-refractivity contribution in [1.82, 2.24) is 0 Å². The van der Waals surface area contributed by atoms with E-state index in [-0.39, 0.29) is 0 Å². The summed E-state index contributed by atoms with van der Waals surface area (Å²) >= 11 is 0. The van der Waals surface area contributed by atoms with Crippen LogP contribution < -0.4 is 5.40 Å². The Balaban J connectivity index is 0.000000288. The summed E-state index contributed by atoms with van der Waals surface area (Å²) in [6, 6.07) is 10.3. The first-order valence-electron chi connectivity index (χ1n) is 5.60. The van der Waals surface area contributed by atoms with Crippen LogP contribution in [-0.2, 0) is 8.85 Å². The second kappa shape index (κ2) is 8.47. The largest absolute Gasteiger partial charge is 0.419 e. The molecule has 0 spiro atoms. The normalized spacial score (nSPS) is 10.6. The first kappa shape index (κ1) is 15.3. The van der Waals surface area contributed by atoms with Crippen molar-refractivity contribution >= 4 is 8.72 Å². The van der Waals surface area contributed by atoms with Crippen LogP contribution in [0, 0.1) is 6.92 Å². The van der Waals surface area contributed by atoms with Gasteiger partial charge in [-0.3, -0.25) is 0 Å². The maximum atomic E-state index is 5.63. The second-order valence-electron chi connectivity index (χ2n) is 3.54. The molecule has 1 aromatic carbocycles. The number of hydrogen-bond donors (Lipinski definition) is 1. The van der Waals surface area contributed by atoms with Crippen LogP contribution in [0.5, 0.6) is 0 Å². The fraction of sp³-hybridized carbons (Fsp3) is 0.500. The van der Waals surface area contributed by atoms with Crippen molar-refractivity contribution in [1.29, 1.82) is 0 Å². The lowest BCUT2D eigenvalue weighted by atomic mass is 10.2. The van der Waals surface area contributed by atoms with E-state index in [0.29, 0.717) is 13.2 Å². The zero-order chi connectivity index (χ0) is 12.4. The molecule has 1 rings (SSSR count). The van der Waals surface area contributed by atoms with Gasteiger partial charge in [-0.25, -0.2) is 0 Å². The fourth-order valence-corrected chi connectivity index (χ4v) is 2.38. The van der Waals surface area contributed by atoms with Gasteiger partial charge in [-0.2, -0.15) is 0 Å². The summed E-state index contributed by atoms with van der Waals surface area (Å²) in [5.74, 6) is 0. The Morgan fingerprint density at radius 1 is 1.06 bits per heavy atom. The van der Waals surface area contributed by atoms with Crippen LogP contribution in [0.3, 0.4) is 0 Å². The summed E-state index contributed by atoms with van der Waals surface area (Å²) in [6.07, 6.45) is 0. The highest BCUT2D eigenvalue weighted by atomic mass is 28.4. The van der Waals surface area contributed by atoms with Gasteiger partial charge in [0, 0.05) is 13.2 Å². The topological polar surface area (TPSA) is 44.5 Å². The van der Waals surface area contributed by atoms with Crippen LogP contribution in [0.4, 0.5) is 0 Å². The van der Waals surface area contributed by atoms with E-state index in [2.05, 4.69) is 19.1 Å². The lowest BCUT2D eigenvalue weighted by molar-refractivity contribution is 0.190. The SMILES string of the molecule is CCO[Si](C)(N)OCC.Cc1ccccc1. The zero-order valence-electron chi connectivity index (χ0n) is 10.7. The fourth-order valence-electron chi connectivity index (χ4n) is 1.15. The summed E-state index contributed by atoms with van der Waals surface area (Å²) in [5.41, 5.74) is 1.32. The van der Waals surface area contributed by atoms with Crippen LogP contribution in [0.2, 0.25) is 6.55 Å². The van der Waals surface area contributed by atoms with Gasteiger partial charge < -0.3 is 14.3 Å². The Labute approximate surface area is 99.9 Å². The smallest absolute Gasteiger partial charge is 0.383 e. The summed E-state index contributed by atoms with van der Waals surface area (Å²) in [6.45, 7) is 9.02. The van der Waals surface area contributed by atoms with E-state index in [4.69, 9.17) is 14.3 Å². The monoisotopic (exact) mass is 241 g/mol. The minimum Gasteiger partial charge on any atom is -0.383 e. The van der Waals surface area contributed by atoms with Crippen LogP contribution in [0.25, 0.3) is 0 Å². The molecule has 16 heavy (non-hydrogen) atoms. The quantitative estimate of drug-likeness (QED) is 0.824. The molecule has 0 atom stereocenters. The number of benzene rings is 1. The van der Waals surface area contributed by atoms with Crippen molar-refractivity contribution in [3.63, 3.8) is 0 Å². The standard InChI is InChI=1S/C7H8.C5H15NO2Si/c1-7-5-3-2-4-6-7;1-4-7-9(3,6)8-5-2/h2-6H,1H3;4-6H2,1-3H3. The lowest BCUT2D eigenvalue weighted by Crippen LogP contribution is -2.49. The molecule has 1 aromatic rings. The van der Waals surface area contributed by atoms with Crippen LogP contribution in [-0.4, -0.2) is 21.9 Å². The number of hydrogen-bond acceptors (Lipinski definition) is 3. The van der Waals surface area contributed by atoms with Crippen LogP contribution in [0.15, 0.2) is 30.3 Å². The van der Waals surface area contributed by atoms with Gasteiger partial charge in [-0.1, -0.05) is 35.9 Å². The minimum atomic E-state index is -2.20. The van der Waals surface area contributed by atoms with E-state index in [9.17, 15) is 0 Å². The Bertz CT molecular complexity index is 257. The lowest BCUT2D eigenvalue weighted by Gasteiger charge is -2.19. The third kappa shape index (κ3) is 8.61. The predicted octanol–water partition coefficient (Wildman–Crippen LogP) is 2.58. The van der Waals surface area contributed by atoms with E-state index in [1.165, 1.54) is 5.56 Å². The molecule has 0 amide bonds. The van der Waals surface area contributed by atoms with Crippen molar-refractivity contribution in [3.05, 3.63) is 35.9 Å². The number of aryl methyl sites for hydroxylation is 1. The molecule has 0 heterocycles. The Morgan fingerprint density at radius 2 is 1.50 bits per heavy atom. The van der Waals surface area contributed by atoms with Gasteiger partial charge in [0.15, 0.2) is 0 Å². The van der Waals surface area contributed by atoms with Crippen LogP contribution in [0.1, 0.15) is 19.4 Å². The maximum absolute atomic E-state index is 5.63. The van der Waals surface area contributed by atoms with Gasteiger partial charge in [-0.05, 0) is 27.3 Å². The van der Waals surface area contributed by atoms with Gasteiger partial charge in [-0.15, -0.1) is 0 Å². The molecule has 0 bridgehead atoms. The molecular formula is C12H23NO2Si. The summed E-state index contributed by atoms with van der Waals surface area (Å²) < 4.78 is 10.3. The molecule has 0 saturated carbocycles. The van der Waals surface area contributed by atoms with Crippen LogP contribution >= 0.6 is 0 Å². The molecule has 0 aliphatic heterocycles. The van der Waals surface area contributed by atoms with Gasteiger partial charge in [0.2, 0.25) is 0 Å². The van der Waals surface area contributed by atoms with Gasteiger partial charge in [0.25, 0.3) is 0 Å². The van der Waals surface area contributed by atoms with E-state index in [1.807, 2.05) is 38.6 Å². The molecule has 0 unspecified atom stereocenters. The average molecular weight is 241 g/mol. The third-order valence-corrected chi connectivity index (χ3v) is 3.53. The van der Waals surface area contributed by atoms with Gasteiger partial charge in [0.05, 0.1) is 0 Å². The van der Waals surface area contributed by atoms with Crippen molar-refractivity contribution in [2.75, 3.05) is 13.2 Å². The highest BCUT2D eigenvalue weighted by molar-refractivity contribution is 6.62. The molecule has 0 aromatic heterocycles. The molecule has 0 fully saturated rings. The van der Waals surface area contributed by atoms with Crippen molar-refractivity contribution < 1.29 is 8.85 Å². The molecule has 0 saturated heterocycles. The first-order chi connectivity index (χ1) is 7.52. The number of rotatable bonds is 4. The Hall–Kier alpha value is -0.683. The molecule has 92 valence electrons. The maximum Gasteiger partial charge on any atom is 0.419 e. The highest BCUT2D eigenvalue weighted by Gasteiger charge is 2.24. The Morgan fingerprint density at radius 3 is 1.75 bits per heavy atom. The molecule has 3 nitrogen and oxygen atoms in total. The van der Waals surface area contributed by atoms with E-state index < -0.39 is 8.72 Å². The van der Waals surface area contributed by atoms with E-state index in [1.54, 1.807) is 0 Å². The minimum absolute atomic E-state index is 0.638. The van der Waals surface area contributed by atoms with Crippen molar-refractivity contribution in [3.8, 4) is 0 Å². The highest BCUT2D eigenvalue weighted by Crippen LogP contribution is 1.96. The first-order valence-corrected chi connectivity index (χ1v) is 7.99. The summed E-state index contributed by atoms with van der Waals surface area (Å²) in [4.78, 5) is 0. The van der Waals surface area contributed by atoms with Crippen molar-refractivity contribution in [2.45, 2.75) is 27.3 Å².